The molecule has 2 amide bonds. The Hall–Kier alpha value is -3.25. The summed E-state index contributed by atoms with van der Waals surface area (Å²) in [6.07, 6.45) is -2.82. The molecule has 0 saturated heterocycles. The lowest BCUT2D eigenvalue weighted by Crippen LogP contribution is -2.84. The number of alkyl halides is 3. The quantitative estimate of drug-likeness (QED) is 0.505. The van der Waals surface area contributed by atoms with Gasteiger partial charge in [-0.25, -0.2) is 4.39 Å². The van der Waals surface area contributed by atoms with Gasteiger partial charge in [0, 0.05) is 28.6 Å². The van der Waals surface area contributed by atoms with Gasteiger partial charge in [-0.15, -0.1) is 0 Å². The SMILES string of the molecule is O=C(C#Cc1ccc(C(F)(F)F)cc1)NC12CC(NC(=O)COc3ccc(Cl)c(F)c3)(C1)C2. The van der Waals surface area contributed by atoms with Crippen LogP contribution in [-0.2, 0) is 15.8 Å². The van der Waals surface area contributed by atoms with Crippen molar-refractivity contribution < 1.29 is 31.9 Å². The van der Waals surface area contributed by atoms with E-state index in [0.717, 1.165) is 18.2 Å². The highest BCUT2D eigenvalue weighted by Crippen LogP contribution is 2.60. The molecule has 0 heterocycles. The fourth-order valence-electron chi connectivity index (χ4n) is 4.24. The Bertz CT molecular complexity index is 1150. The molecule has 10 heteroatoms. The molecule has 33 heavy (non-hydrogen) atoms. The summed E-state index contributed by atoms with van der Waals surface area (Å²) < 4.78 is 56.4. The first-order chi connectivity index (χ1) is 15.5. The van der Waals surface area contributed by atoms with Gasteiger partial charge in [-0.05, 0) is 55.7 Å². The number of carbonyl (C=O) groups is 2. The average Bonchev–Trinajstić information content (AvgIpc) is 2.70. The molecule has 0 aliphatic heterocycles. The fourth-order valence-corrected chi connectivity index (χ4v) is 4.36. The Kier molecular flexibility index (Phi) is 5.74. The van der Waals surface area contributed by atoms with Crippen molar-refractivity contribution in [2.24, 2.45) is 0 Å². The van der Waals surface area contributed by atoms with Gasteiger partial charge in [0.25, 0.3) is 11.8 Å². The van der Waals surface area contributed by atoms with E-state index in [9.17, 15) is 27.2 Å². The van der Waals surface area contributed by atoms with Crippen LogP contribution in [0.15, 0.2) is 42.5 Å². The van der Waals surface area contributed by atoms with Gasteiger partial charge < -0.3 is 15.4 Å². The molecule has 172 valence electrons. The number of hydrogen-bond donors (Lipinski definition) is 2. The molecule has 3 aliphatic carbocycles. The van der Waals surface area contributed by atoms with Crippen LogP contribution in [-0.4, -0.2) is 29.5 Å². The molecule has 0 radical (unpaired) electrons. The van der Waals surface area contributed by atoms with E-state index in [1.54, 1.807) is 0 Å². The maximum atomic E-state index is 13.4. The van der Waals surface area contributed by atoms with Gasteiger partial charge in [0.2, 0.25) is 0 Å². The molecule has 0 spiro atoms. The topological polar surface area (TPSA) is 67.4 Å². The largest absolute Gasteiger partial charge is 0.484 e. The van der Waals surface area contributed by atoms with Crippen molar-refractivity contribution in [2.45, 2.75) is 36.5 Å². The van der Waals surface area contributed by atoms with Crippen LogP contribution in [0.2, 0.25) is 5.02 Å². The number of halogens is 5. The molecule has 2 bridgehead atoms. The van der Waals surface area contributed by atoms with E-state index in [4.69, 9.17) is 16.3 Å². The second kappa shape index (κ2) is 8.27. The molecule has 0 aromatic heterocycles. The maximum absolute atomic E-state index is 13.4. The number of benzene rings is 2. The van der Waals surface area contributed by atoms with E-state index in [2.05, 4.69) is 22.5 Å². The Labute approximate surface area is 191 Å². The van der Waals surface area contributed by atoms with Crippen LogP contribution in [0.1, 0.15) is 30.4 Å². The highest BCUT2D eigenvalue weighted by molar-refractivity contribution is 6.30. The van der Waals surface area contributed by atoms with Crippen LogP contribution in [0.3, 0.4) is 0 Å². The molecule has 3 aliphatic rings. The number of ether oxygens (including phenoxy) is 1. The van der Waals surface area contributed by atoms with Crippen molar-refractivity contribution in [3.8, 4) is 17.6 Å². The van der Waals surface area contributed by atoms with E-state index < -0.39 is 34.5 Å². The van der Waals surface area contributed by atoms with Crippen LogP contribution in [0.25, 0.3) is 0 Å². The van der Waals surface area contributed by atoms with Gasteiger partial charge in [0.1, 0.15) is 11.6 Å². The molecule has 5 rings (SSSR count). The molecule has 2 aromatic rings. The maximum Gasteiger partial charge on any atom is 0.416 e. The predicted octanol–water partition coefficient (Wildman–Crippen LogP) is 3.84. The Morgan fingerprint density at radius 1 is 1.03 bits per heavy atom. The van der Waals surface area contributed by atoms with E-state index in [0.29, 0.717) is 24.8 Å². The normalized spacial score (nSPS) is 22.7. The van der Waals surface area contributed by atoms with E-state index in [1.807, 2.05) is 0 Å². The van der Waals surface area contributed by atoms with Gasteiger partial charge in [-0.2, -0.15) is 13.2 Å². The zero-order valence-electron chi connectivity index (χ0n) is 17.0. The van der Waals surface area contributed by atoms with Crippen LogP contribution >= 0.6 is 11.6 Å². The molecular weight excluding hydrogens is 464 g/mol. The first-order valence-electron chi connectivity index (χ1n) is 9.88. The third-order valence-electron chi connectivity index (χ3n) is 5.61. The van der Waals surface area contributed by atoms with Gasteiger partial charge in [-0.1, -0.05) is 17.5 Å². The number of hydrogen-bond acceptors (Lipinski definition) is 3. The molecule has 0 atom stereocenters. The fraction of sp³-hybridized carbons (Fsp3) is 0.304. The van der Waals surface area contributed by atoms with Crippen molar-refractivity contribution in [3.05, 3.63) is 64.4 Å². The molecule has 2 aromatic carbocycles. The standard InChI is InChI=1S/C23H17ClF4N2O3/c24-17-7-6-16(9-18(17)25)33-10-20(32)30-22-11-21(12-22,13-22)29-19(31)8-3-14-1-4-15(5-2-14)23(26,27)28/h1-2,4-7,9H,10-13H2,(H,29,31)(H,30,32). The third-order valence-corrected chi connectivity index (χ3v) is 5.91. The van der Waals surface area contributed by atoms with Crippen molar-refractivity contribution in [3.63, 3.8) is 0 Å². The van der Waals surface area contributed by atoms with E-state index in [-0.39, 0.29) is 23.3 Å². The number of nitrogens with one attached hydrogen (secondary N) is 2. The summed E-state index contributed by atoms with van der Waals surface area (Å²) >= 11 is 5.60. The van der Waals surface area contributed by atoms with Gasteiger partial charge in [0.05, 0.1) is 10.6 Å². The summed E-state index contributed by atoms with van der Waals surface area (Å²) in [6, 6.07) is 8.09. The molecular formula is C23H17ClF4N2O3. The Morgan fingerprint density at radius 2 is 1.67 bits per heavy atom. The zero-order chi connectivity index (χ0) is 23.9. The van der Waals surface area contributed by atoms with E-state index in [1.165, 1.54) is 24.3 Å². The molecule has 0 unspecified atom stereocenters. The lowest BCUT2D eigenvalue weighted by molar-refractivity contribution is -0.148. The number of rotatable bonds is 5. The first-order valence-corrected chi connectivity index (χ1v) is 10.3. The highest BCUT2D eigenvalue weighted by Gasteiger charge is 2.69. The van der Waals surface area contributed by atoms with E-state index >= 15 is 0 Å². The van der Waals surface area contributed by atoms with Crippen LogP contribution in [0.5, 0.6) is 5.75 Å². The van der Waals surface area contributed by atoms with Crippen LogP contribution < -0.4 is 15.4 Å². The van der Waals surface area contributed by atoms with Gasteiger partial charge >= 0.3 is 6.18 Å². The summed E-state index contributed by atoms with van der Waals surface area (Å²) in [5.41, 5.74) is -1.36. The summed E-state index contributed by atoms with van der Waals surface area (Å²) in [5.74, 6) is 3.55. The third kappa shape index (κ3) is 5.06. The molecule has 5 nitrogen and oxygen atoms in total. The summed E-state index contributed by atoms with van der Waals surface area (Å²) in [5, 5.41) is 5.62. The number of amides is 2. The van der Waals surface area contributed by atoms with Crippen molar-refractivity contribution >= 4 is 23.4 Å². The van der Waals surface area contributed by atoms with Gasteiger partial charge in [-0.3, -0.25) is 9.59 Å². The van der Waals surface area contributed by atoms with Crippen molar-refractivity contribution in [2.75, 3.05) is 6.61 Å². The second-order valence-electron chi connectivity index (χ2n) is 8.28. The minimum Gasteiger partial charge on any atom is -0.484 e. The zero-order valence-corrected chi connectivity index (χ0v) is 17.7. The summed E-state index contributed by atoms with van der Waals surface area (Å²) in [7, 11) is 0. The number of carbonyl (C=O) groups excluding carboxylic acids is 2. The average molecular weight is 481 g/mol. The lowest BCUT2D eigenvalue weighted by atomic mass is 9.44. The molecule has 3 saturated carbocycles. The summed E-state index contributed by atoms with van der Waals surface area (Å²) in [6.45, 7) is -0.291. The van der Waals surface area contributed by atoms with Crippen molar-refractivity contribution in [1.29, 1.82) is 0 Å². The second-order valence-corrected chi connectivity index (χ2v) is 8.69. The molecule has 3 fully saturated rings. The Balaban J connectivity index is 1.22. The van der Waals surface area contributed by atoms with Crippen molar-refractivity contribution in [1.82, 2.24) is 10.6 Å². The highest BCUT2D eigenvalue weighted by atomic mass is 35.5. The lowest BCUT2D eigenvalue weighted by Gasteiger charge is -2.70. The first kappa shape index (κ1) is 22.9. The van der Waals surface area contributed by atoms with Crippen LogP contribution in [0.4, 0.5) is 17.6 Å². The molecule has 2 N–H and O–H groups in total. The van der Waals surface area contributed by atoms with Gasteiger partial charge in [0.15, 0.2) is 6.61 Å². The monoisotopic (exact) mass is 480 g/mol. The van der Waals surface area contributed by atoms with Crippen LogP contribution in [0, 0.1) is 17.7 Å². The minimum atomic E-state index is -4.43. The predicted molar refractivity (Wildman–Crippen MR) is 111 cm³/mol. The Morgan fingerprint density at radius 3 is 2.27 bits per heavy atom. The smallest absolute Gasteiger partial charge is 0.416 e. The minimum absolute atomic E-state index is 0.0444. The summed E-state index contributed by atoms with van der Waals surface area (Å²) in [4.78, 5) is 24.2.